The molecule has 2 rings (SSSR count). The molecule has 0 radical (unpaired) electrons. The van der Waals surface area contributed by atoms with E-state index in [2.05, 4.69) is 11.9 Å². The fourth-order valence-corrected chi connectivity index (χ4v) is 2.61. The fraction of sp³-hybridized carbons (Fsp3) is 0.211. The molecule has 1 aliphatic rings. The Labute approximate surface area is 140 Å². The van der Waals surface area contributed by atoms with E-state index < -0.39 is 11.7 Å². The molecule has 0 unspecified atom stereocenters. The van der Waals surface area contributed by atoms with E-state index >= 15 is 0 Å². The third kappa shape index (κ3) is 3.56. The van der Waals surface area contributed by atoms with Crippen LogP contribution < -0.4 is 5.32 Å². The molecule has 126 valence electrons. The Morgan fingerprint density at radius 1 is 1.33 bits per heavy atom. The van der Waals surface area contributed by atoms with Gasteiger partial charge in [-0.1, -0.05) is 38.7 Å². The molecule has 0 saturated heterocycles. The van der Waals surface area contributed by atoms with E-state index in [1.807, 2.05) is 13.8 Å². The van der Waals surface area contributed by atoms with Gasteiger partial charge in [0.05, 0.1) is 0 Å². The quantitative estimate of drug-likeness (QED) is 0.730. The first-order chi connectivity index (χ1) is 11.3. The molecule has 5 heteroatoms. The summed E-state index contributed by atoms with van der Waals surface area (Å²) in [6.45, 7) is 7.33. The van der Waals surface area contributed by atoms with Crippen molar-refractivity contribution >= 4 is 11.5 Å². The Hall–Kier alpha value is -2.82. The lowest BCUT2D eigenvalue weighted by molar-refractivity contribution is -0.118. The van der Waals surface area contributed by atoms with Crippen LogP contribution >= 0.6 is 0 Å². The maximum atomic E-state index is 13.3. The highest BCUT2D eigenvalue weighted by atomic mass is 19.1. The van der Waals surface area contributed by atoms with Gasteiger partial charge in [-0.05, 0) is 29.7 Å². The summed E-state index contributed by atoms with van der Waals surface area (Å²) in [6.07, 6.45) is 6.29. The summed E-state index contributed by atoms with van der Waals surface area (Å²) in [6, 6.07) is 3.04. The van der Waals surface area contributed by atoms with Crippen molar-refractivity contribution in [3.8, 4) is 11.5 Å². The van der Waals surface area contributed by atoms with Crippen LogP contribution in [0.25, 0.3) is 5.57 Å². The third-order valence-corrected chi connectivity index (χ3v) is 3.72. The number of rotatable bonds is 4. The van der Waals surface area contributed by atoms with Crippen molar-refractivity contribution in [3.05, 3.63) is 65.7 Å². The van der Waals surface area contributed by atoms with Gasteiger partial charge < -0.3 is 15.5 Å². The summed E-state index contributed by atoms with van der Waals surface area (Å²) in [5.41, 5.74) is 2.01. The van der Waals surface area contributed by atoms with Crippen LogP contribution in [0.1, 0.15) is 37.3 Å². The minimum Gasteiger partial charge on any atom is -0.507 e. The number of carbonyl (C=O) groups excluding carboxylic acids is 1. The van der Waals surface area contributed by atoms with E-state index in [4.69, 9.17) is 0 Å². The molecule has 0 bridgehead atoms. The van der Waals surface area contributed by atoms with Gasteiger partial charge in [-0.25, -0.2) is 4.39 Å². The molecule has 24 heavy (non-hydrogen) atoms. The zero-order valence-electron chi connectivity index (χ0n) is 13.6. The van der Waals surface area contributed by atoms with Gasteiger partial charge in [0.25, 0.3) is 5.91 Å². The Balaban J connectivity index is 2.60. The number of halogens is 1. The van der Waals surface area contributed by atoms with Crippen molar-refractivity contribution < 1.29 is 19.4 Å². The molecule has 3 N–H and O–H groups in total. The molecule has 0 saturated carbocycles. The largest absolute Gasteiger partial charge is 0.507 e. The van der Waals surface area contributed by atoms with Gasteiger partial charge >= 0.3 is 0 Å². The highest BCUT2D eigenvalue weighted by molar-refractivity contribution is 5.96. The Morgan fingerprint density at radius 3 is 2.46 bits per heavy atom. The average molecular weight is 329 g/mol. The average Bonchev–Trinajstić information content (AvgIpc) is 2.50. The number of carbonyl (C=O) groups is 1. The molecule has 0 atom stereocenters. The Kier molecular flexibility index (Phi) is 5.24. The summed E-state index contributed by atoms with van der Waals surface area (Å²) < 4.78 is 13.3. The van der Waals surface area contributed by atoms with Crippen molar-refractivity contribution in [3.63, 3.8) is 0 Å². The smallest absolute Gasteiger partial charge is 0.283 e. The van der Waals surface area contributed by atoms with E-state index in [1.165, 1.54) is 18.2 Å². The molecule has 1 aliphatic heterocycles. The SMILES string of the molecule is C=C/C=C\C(=C1/CC=C(F)C(=O)N1)c1cc(O)c(C(C)C)c(O)c1. The molecule has 1 heterocycles. The number of benzene rings is 1. The number of phenolic OH excluding ortho intramolecular Hbond substituents is 2. The maximum Gasteiger partial charge on any atom is 0.283 e. The Bertz CT molecular complexity index is 750. The number of hydrogen-bond donors (Lipinski definition) is 3. The van der Waals surface area contributed by atoms with Crippen LogP contribution in [-0.2, 0) is 4.79 Å². The van der Waals surface area contributed by atoms with Crippen LogP contribution in [0.3, 0.4) is 0 Å². The lowest BCUT2D eigenvalue weighted by Crippen LogP contribution is -2.27. The molecule has 1 aromatic carbocycles. The van der Waals surface area contributed by atoms with Gasteiger partial charge in [-0.15, -0.1) is 0 Å². The molecule has 0 spiro atoms. The van der Waals surface area contributed by atoms with Gasteiger partial charge in [0.15, 0.2) is 5.83 Å². The summed E-state index contributed by atoms with van der Waals surface area (Å²) in [4.78, 5) is 11.6. The third-order valence-electron chi connectivity index (χ3n) is 3.72. The highest BCUT2D eigenvalue weighted by Gasteiger charge is 2.20. The summed E-state index contributed by atoms with van der Waals surface area (Å²) in [7, 11) is 0. The lowest BCUT2D eigenvalue weighted by atomic mass is 9.94. The second-order valence-corrected chi connectivity index (χ2v) is 5.78. The molecule has 0 fully saturated rings. The molecular weight excluding hydrogens is 309 g/mol. The van der Waals surface area contributed by atoms with Crippen molar-refractivity contribution in [1.29, 1.82) is 0 Å². The molecule has 1 aromatic rings. The van der Waals surface area contributed by atoms with Gasteiger partial charge in [0.2, 0.25) is 0 Å². The van der Waals surface area contributed by atoms with E-state index in [0.717, 1.165) is 0 Å². The zero-order valence-corrected chi connectivity index (χ0v) is 13.6. The van der Waals surface area contributed by atoms with Gasteiger partial charge in [-0.2, -0.15) is 0 Å². The number of nitrogens with one attached hydrogen (secondary N) is 1. The number of phenols is 2. The molecular formula is C19H20FNO3. The predicted octanol–water partition coefficient (Wildman–Crippen LogP) is 4.05. The molecule has 1 amide bonds. The van der Waals surface area contributed by atoms with Gasteiger partial charge in [0.1, 0.15) is 11.5 Å². The number of hydrogen-bond acceptors (Lipinski definition) is 3. The molecule has 0 aliphatic carbocycles. The van der Waals surface area contributed by atoms with Gasteiger partial charge in [0, 0.05) is 23.3 Å². The van der Waals surface area contributed by atoms with Crippen LogP contribution in [0.5, 0.6) is 11.5 Å². The van der Waals surface area contributed by atoms with Crippen molar-refractivity contribution in [2.45, 2.75) is 26.2 Å². The van der Waals surface area contributed by atoms with Crippen LogP contribution in [0.2, 0.25) is 0 Å². The molecule has 0 aromatic heterocycles. The first kappa shape index (κ1) is 17.5. The van der Waals surface area contributed by atoms with Gasteiger partial charge in [-0.3, -0.25) is 4.79 Å². The highest BCUT2D eigenvalue weighted by Crippen LogP contribution is 2.38. The maximum absolute atomic E-state index is 13.3. The lowest BCUT2D eigenvalue weighted by Gasteiger charge is -2.18. The standard InChI is InChI=1S/C19H20FNO3/c1-4-5-6-13(15-8-7-14(20)19(24)21-15)12-9-16(22)18(11(2)3)17(23)10-12/h4-7,9-11,22-23H,1,8H2,2-3H3,(H,21,24)/b6-5-,15-13-. The van der Waals surface area contributed by atoms with Crippen LogP contribution in [0.15, 0.2) is 54.5 Å². The number of allylic oxidation sites excluding steroid dienone is 5. The van der Waals surface area contributed by atoms with E-state index in [9.17, 15) is 19.4 Å². The summed E-state index contributed by atoms with van der Waals surface area (Å²) in [5.74, 6) is -1.76. The monoisotopic (exact) mass is 329 g/mol. The minimum absolute atomic E-state index is 0.0334. The van der Waals surface area contributed by atoms with Crippen LogP contribution in [-0.4, -0.2) is 16.1 Å². The van der Waals surface area contributed by atoms with Crippen molar-refractivity contribution in [2.75, 3.05) is 0 Å². The van der Waals surface area contributed by atoms with E-state index in [1.54, 1.807) is 18.2 Å². The number of aromatic hydroxyl groups is 2. The topological polar surface area (TPSA) is 69.6 Å². The predicted molar refractivity (Wildman–Crippen MR) is 92.1 cm³/mol. The zero-order chi connectivity index (χ0) is 17.9. The molecule has 4 nitrogen and oxygen atoms in total. The van der Waals surface area contributed by atoms with Crippen LogP contribution in [0.4, 0.5) is 4.39 Å². The van der Waals surface area contributed by atoms with E-state index in [-0.39, 0.29) is 23.8 Å². The first-order valence-electron chi connectivity index (χ1n) is 7.60. The van der Waals surface area contributed by atoms with Crippen molar-refractivity contribution in [2.24, 2.45) is 0 Å². The second kappa shape index (κ2) is 7.17. The van der Waals surface area contributed by atoms with E-state index in [0.29, 0.717) is 22.4 Å². The van der Waals surface area contributed by atoms with Crippen LogP contribution in [0, 0.1) is 0 Å². The second-order valence-electron chi connectivity index (χ2n) is 5.78. The summed E-state index contributed by atoms with van der Waals surface area (Å²) in [5, 5.41) is 22.9. The van der Waals surface area contributed by atoms with Crippen molar-refractivity contribution in [1.82, 2.24) is 5.32 Å². The first-order valence-corrected chi connectivity index (χ1v) is 7.60. The normalized spacial score (nSPS) is 17.0. The minimum atomic E-state index is -0.827. The Morgan fingerprint density at radius 2 is 1.96 bits per heavy atom. The fourth-order valence-electron chi connectivity index (χ4n) is 2.61. The number of amides is 1. The summed E-state index contributed by atoms with van der Waals surface area (Å²) >= 11 is 0.